The minimum Gasteiger partial charge on any atom is -0.450 e. The monoisotopic (exact) mass is 276 g/mol. The van der Waals surface area contributed by atoms with Crippen LogP contribution in [0.2, 0.25) is 5.02 Å². The molecular formula is C15H13ClO3. The molecule has 0 aliphatic heterocycles. The molecule has 19 heavy (non-hydrogen) atoms. The number of rotatable bonds is 4. The smallest absolute Gasteiger partial charge is 0.450 e. The van der Waals surface area contributed by atoms with Crippen molar-refractivity contribution >= 4 is 17.8 Å². The Labute approximate surface area is 116 Å². The topological polar surface area (TPSA) is 46.5 Å². The summed E-state index contributed by atoms with van der Waals surface area (Å²) >= 11 is 5.83. The fourth-order valence-electron chi connectivity index (χ4n) is 1.85. The molecule has 0 aliphatic rings. The lowest BCUT2D eigenvalue weighted by molar-refractivity contribution is 0.0513. The van der Waals surface area contributed by atoms with Crippen molar-refractivity contribution in [1.29, 1.82) is 0 Å². The summed E-state index contributed by atoms with van der Waals surface area (Å²) in [6, 6.07) is 16.6. The van der Waals surface area contributed by atoms with E-state index in [2.05, 4.69) is 0 Å². The summed E-state index contributed by atoms with van der Waals surface area (Å²) < 4.78 is 4.95. The SMILES string of the molecule is O=C(O)OC(Cc1ccccc1)c1ccc(Cl)cc1. The standard InChI is InChI=1S/C15H13ClO3/c16-13-8-6-12(7-9-13)14(19-15(17)18)10-11-4-2-1-3-5-11/h1-9,14H,10H2,(H,17,18). The molecule has 1 atom stereocenters. The average Bonchev–Trinajstić information content (AvgIpc) is 2.39. The van der Waals surface area contributed by atoms with Gasteiger partial charge in [-0.2, -0.15) is 0 Å². The van der Waals surface area contributed by atoms with E-state index in [1.54, 1.807) is 24.3 Å². The summed E-state index contributed by atoms with van der Waals surface area (Å²) in [5.74, 6) is 0. The van der Waals surface area contributed by atoms with Crippen LogP contribution >= 0.6 is 11.6 Å². The quantitative estimate of drug-likeness (QED) is 0.846. The van der Waals surface area contributed by atoms with Crippen molar-refractivity contribution in [1.82, 2.24) is 0 Å². The lowest BCUT2D eigenvalue weighted by Crippen LogP contribution is -2.12. The highest BCUT2D eigenvalue weighted by Gasteiger charge is 2.16. The average molecular weight is 277 g/mol. The molecular weight excluding hydrogens is 264 g/mol. The van der Waals surface area contributed by atoms with Gasteiger partial charge in [0.2, 0.25) is 0 Å². The van der Waals surface area contributed by atoms with Crippen molar-refractivity contribution in [2.24, 2.45) is 0 Å². The molecule has 0 saturated carbocycles. The lowest BCUT2D eigenvalue weighted by atomic mass is 10.0. The van der Waals surface area contributed by atoms with Gasteiger partial charge in [-0.25, -0.2) is 4.79 Å². The second-order valence-corrected chi connectivity index (χ2v) is 4.55. The zero-order valence-electron chi connectivity index (χ0n) is 10.1. The third-order valence-electron chi connectivity index (χ3n) is 2.75. The normalized spacial score (nSPS) is 11.8. The Kier molecular flexibility index (Phi) is 4.42. The van der Waals surface area contributed by atoms with Gasteiger partial charge in [-0.3, -0.25) is 0 Å². The molecule has 2 aromatic carbocycles. The zero-order valence-corrected chi connectivity index (χ0v) is 10.9. The van der Waals surface area contributed by atoms with E-state index in [-0.39, 0.29) is 0 Å². The molecule has 0 heterocycles. The van der Waals surface area contributed by atoms with Crippen LogP contribution in [0.5, 0.6) is 0 Å². The van der Waals surface area contributed by atoms with Crippen LogP contribution in [-0.2, 0) is 11.2 Å². The number of hydrogen-bond donors (Lipinski definition) is 1. The van der Waals surface area contributed by atoms with Crippen molar-refractivity contribution in [3.05, 3.63) is 70.7 Å². The molecule has 4 heteroatoms. The van der Waals surface area contributed by atoms with Gasteiger partial charge in [0.05, 0.1) is 0 Å². The molecule has 0 aromatic heterocycles. The Hall–Kier alpha value is -2.00. The number of carbonyl (C=O) groups is 1. The molecule has 0 fully saturated rings. The van der Waals surface area contributed by atoms with Crippen molar-refractivity contribution in [3.8, 4) is 0 Å². The Morgan fingerprint density at radius 3 is 2.32 bits per heavy atom. The molecule has 0 bridgehead atoms. The van der Waals surface area contributed by atoms with Gasteiger partial charge in [0, 0.05) is 11.4 Å². The Morgan fingerprint density at radius 1 is 1.11 bits per heavy atom. The number of halogens is 1. The second-order valence-electron chi connectivity index (χ2n) is 4.11. The molecule has 0 spiro atoms. The first-order valence-corrected chi connectivity index (χ1v) is 6.22. The number of benzene rings is 2. The van der Waals surface area contributed by atoms with Crippen molar-refractivity contribution in [2.75, 3.05) is 0 Å². The molecule has 1 unspecified atom stereocenters. The number of carboxylic acid groups (broad SMARTS) is 1. The predicted molar refractivity (Wildman–Crippen MR) is 73.4 cm³/mol. The minimum atomic E-state index is -1.28. The third kappa shape index (κ3) is 4.00. The largest absolute Gasteiger partial charge is 0.506 e. The Morgan fingerprint density at radius 2 is 1.74 bits per heavy atom. The van der Waals surface area contributed by atoms with E-state index < -0.39 is 12.3 Å². The van der Waals surface area contributed by atoms with Gasteiger partial charge < -0.3 is 9.84 Å². The molecule has 3 nitrogen and oxygen atoms in total. The van der Waals surface area contributed by atoms with E-state index in [9.17, 15) is 4.79 Å². The Bertz CT molecular complexity index is 537. The zero-order chi connectivity index (χ0) is 13.7. The van der Waals surface area contributed by atoms with Gasteiger partial charge >= 0.3 is 6.16 Å². The lowest BCUT2D eigenvalue weighted by Gasteiger charge is -2.16. The first-order chi connectivity index (χ1) is 9.15. The summed E-state index contributed by atoms with van der Waals surface area (Å²) in [6.45, 7) is 0. The van der Waals surface area contributed by atoms with Crippen molar-refractivity contribution < 1.29 is 14.6 Å². The van der Waals surface area contributed by atoms with E-state index in [1.165, 1.54) is 0 Å². The molecule has 0 amide bonds. The van der Waals surface area contributed by atoms with E-state index in [0.717, 1.165) is 11.1 Å². The third-order valence-corrected chi connectivity index (χ3v) is 3.00. The van der Waals surface area contributed by atoms with Crippen LogP contribution in [0, 0.1) is 0 Å². The van der Waals surface area contributed by atoms with Crippen LogP contribution in [0.3, 0.4) is 0 Å². The van der Waals surface area contributed by atoms with Gasteiger partial charge in [0.1, 0.15) is 6.10 Å². The van der Waals surface area contributed by atoms with E-state index in [1.807, 2.05) is 30.3 Å². The summed E-state index contributed by atoms with van der Waals surface area (Å²) in [6.07, 6.45) is -1.32. The highest BCUT2D eigenvalue weighted by molar-refractivity contribution is 6.30. The minimum absolute atomic E-state index is 0.495. The maximum atomic E-state index is 10.8. The highest BCUT2D eigenvalue weighted by atomic mass is 35.5. The fourth-order valence-corrected chi connectivity index (χ4v) is 1.98. The van der Waals surface area contributed by atoms with Crippen LogP contribution in [0.4, 0.5) is 4.79 Å². The van der Waals surface area contributed by atoms with Crippen LogP contribution < -0.4 is 0 Å². The summed E-state index contributed by atoms with van der Waals surface area (Å²) in [4.78, 5) is 10.8. The van der Waals surface area contributed by atoms with Crippen LogP contribution in [0.15, 0.2) is 54.6 Å². The molecule has 2 rings (SSSR count). The summed E-state index contributed by atoms with van der Waals surface area (Å²) in [5, 5.41) is 9.44. The van der Waals surface area contributed by atoms with Crippen molar-refractivity contribution in [2.45, 2.75) is 12.5 Å². The van der Waals surface area contributed by atoms with Gasteiger partial charge in [-0.1, -0.05) is 54.1 Å². The van der Waals surface area contributed by atoms with Crippen LogP contribution in [-0.4, -0.2) is 11.3 Å². The molecule has 0 radical (unpaired) electrons. The van der Waals surface area contributed by atoms with Gasteiger partial charge in [0.25, 0.3) is 0 Å². The molecule has 1 N–H and O–H groups in total. The van der Waals surface area contributed by atoms with Gasteiger partial charge in [-0.05, 0) is 23.3 Å². The maximum Gasteiger partial charge on any atom is 0.506 e. The second kappa shape index (κ2) is 6.25. The van der Waals surface area contributed by atoms with Crippen molar-refractivity contribution in [3.63, 3.8) is 0 Å². The van der Waals surface area contributed by atoms with Gasteiger partial charge in [-0.15, -0.1) is 0 Å². The van der Waals surface area contributed by atoms with E-state index >= 15 is 0 Å². The first kappa shape index (κ1) is 13.4. The fraction of sp³-hybridized carbons (Fsp3) is 0.133. The number of hydrogen-bond acceptors (Lipinski definition) is 2. The molecule has 0 aliphatic carbocycles. The molecule has 98 valence electrons. The van der Waals surface area contributed by atoms with Crippen LogP contribution in [0.25, 0.3) is 0 Å². The summed E-state index contributed by atoms with van der Waals surface area (Å²) in [7, 11) is 0. The molecule has 2 aromatic rings. The predicted octanol–water partition coefficient (Wildman–Crippen LogP) is 4.32. The highest BCUT2D eigenvalue weighted by Crippen LogP contribution is 2.24. The van der Waals surface area contributed by atoms with Gasteiger partial charge in [0.15, 0.2) is 0 Å². The van der Waals surface area contributed by atoms with E-state index in [4.69, 9.17) is 21.4 Å². The van der Waals surface area contributed by atoms with Crippen LogP contribution in [0.1, 0.15) is 17.2 Å². The van der Waals surface area contributed by atoms with E-state index in [0.29, 0.717) is 11.4 Å². The summed E-state index contributed by atoms with van der Waals surface area (Å²) in [5.41, 5.74) is 1.80. The maximum absolute atomic E-state index is 10.8. The Balaban J connectivity index is 2.20. The first-order valence-electron chi connectivity index (χ1n) is 5.84. The number of ether oxygens (including phenoxy) is 1. The molecule has 0 saturated heterocycles.